The zero-order chi connectivity index (χ0) is 16.5. The number of fused-ring (bicyclic) bond motifs is 1. The molecule has 1 atom stereocenters. The van der Waals surface area contributed by atoms with Gasteiger partial charge in [-0.25, -0.2) is 0 Å². The van der Waals surface area contributed by atoms with E-state index < -0.39 is 0 Å². The largest absolute Gasteiger partial charge is 0.317 e. The van der Waals surface area contributed by atoms with Gasteiger partial charge < -0.3 is 4.57 Å². The number of aryl methyl sites for hydroxylation is 1. The van der Waals surface area contributed by atoms with Gasteiger partial charge in [-0.15, -0.1) is 10.2 Å². The smallest absolute Gasteiger partial charge is 0.146 e. The summed E-state index contributed by atoms with van der Waals surface area (Å²) in [6.45, 7) is 4.79. The molecule has 0 N–H and O–H groups in total. The lowest BCUT2D eigenvalue weighted by atomic mass is 9.85. The van der Waals surface area contributed by atoms with Gasteiger partial charge in [0, 0.05) is 26.1 Å². The SMILES string of the molecule is Cc1nnc(CN2Cc3ccccc3C(c3ccccc3)C2)n1C. The van der Waals surface area contributed by atoms with Crippen LogP contribution in [0.1, 0.15) is 34.3 Å². The van der Waals surface area contributed by atoms with Gasteiger partial charge in [-0.1, -0.05) is 54.6 Å². The van der Waals surface area contributed by atoms with Gasteiger partial charge in [-0.2, -0.15) is 0 Å². The Kier molecular flexibility index (Phi) is 3.90. The summed E-state index contributed by atoms with van der Waals surface area (Å²) in [6.07, 6.45) is 0. The van der Waals surface area contributed by atoms with E-state index >= 15 is 0 Å². The average Bonchev–Trinajstić information content (AvgIpc) is 2.94. The predicted molar refractivity (Wildman–Crippen MR) is 94.6 cm³/mol. The minimum atomic E-state index is 0.408. The van der Waals surface area contributed by atoms with Crippen molar-refractivity contribution >= 4 is 0 Å². The summed E-state index contributed by atoms with van der Waals surface area (Å²) >= 11 is 0. The molecule has 4 nitrogen and oxygen atoms in total. The second kappa shape index (κ2) is 6.21. The molecule has 2 heterocycles. The Morgan fingerprint density at radius 1 is 1.00 bits per heavy atom. The molecule has 0 spiro atoms. The van der Waals surface area contributed by atoms with Crippen molar-refractivity contribution in [1.82, 2.24) is 19.7 Å². The Labute approximate surface area is 142 Å². The number of nitrogens with zero attached hydrogens (tertiary/aromatic N) is 4. The van der Waals surface area contributed by atoms with Gasteiger partial charge in [0.25, 0.3) is 0 Å². The van der Waals surface area contributed by atoms with Crippen LogP contribution in [0.5, 0.6) is 0 Å². The molecule has 122 valence electrons. The van der Waals surface area contributed by atoms with Crippen LogP contribution >= 0.6 is 0 Å². The van der Waals surface area contributed by atoms with Crippen LogP contribution in [0.15, 0.2) is 54.6 Å². The molecular weight excluding hydrogens is 296 g/mol. The number of rotatable bonds is 3. The van der Waals surface area contributed by atoms with Gasteiger partial charge >= 0.3 is 0 Å². The summed E-state index contributed by atoms with van der Waals surface area (Å²) in [5.41, 5.74) is 4.24. The summed E-state index contributed by atoms with van der Waals surface area (Å²) in [7, 11) is 2.04. The van der Waals surface area contributed by atoms with Gasteiger partial charge in [0.2, 0.25) is 0 Å². The Morgan fingerprint density at radius 2 is 1.75 bits per heavy atom. The highest BCUT2D eigenvalue weighted by Crippen LogP contribution is 2.33. The Balaban J connectivity index is 1.66. The predicted octanol–water partition coefficient (Wildman–Crippen LogP) is 3.27. The topological polar surface area (TPSA) is 34.0 Å². The molecule has 0 saturated heterocycles. The molecule has 0 saturated carbocycles. The molecular formula is C20H22N4. The van der Waals surface area contributed by atoms with Crippen molar-refractivity contribution in [2.45, 2.75) is 25.9 Å². The van der Waals surface area contributed by atoms with Crippen molar-refractivity contribution in [2.24, 2.45) is 7.05 Å². The fraction of sp³-hybridized carbons (Fsp3) is 0.300. The van der Waals surface area contributed by atoms with E-state index in [9.17, 15) is 0 Å². The first-order valence-corrected chi connectivity index (χ1v) is 8.42. The Morgan fingerprint density at radius 3 is 2.50 bits per heavy atom. The second-order valence-corrected chi connectivity index (χ2v) is 6.55. The monoisotopic (exact) mass is 318 g/mol. The number of benzene rings is 2. The summed E-state index contributed by atoms with van der Waals surface area (Å²) in [5, 5.41) is 8.52. The highest BCUT2D eigenvalue weighted by atomic mass is 15.3. The van der Waals surface area contributed by atoms with E-state index in [1.807, 2.05) is 14.0 Å². The molecule has 4 rings (SSSR count). The van der Waals surface area contributed by atoms with Crippen LogP contribution in [0.3, 0.4) is 0 Å². The minimum Gasteiger partial charge on any atom is -0.317 e. The number of aromatic nitrogens is 3. The lowest BCUT2D eigenvalue weighted by Crippen LogP contribution is -2.34. The second-order valence-electron chi connectivity index (χ2n) is 6.55. The molecule has 3 aromatic rings. The van der Waals surface area contributed by atoms with Crippen molar-refractivity contribution < 1.29 is 0 Å². The molecule has 1 aliphatic rings. The quantitative estimate of drug-likeness (QED) is 0.743. The third-order valence-electron chi connectivity index (χ3n) is 5.01. The first-order valence-electron chi connectivity index (χ1n) is 8.42. The summed E-state index contributed by atoms with van der Waals surface area (Å²) in [4.78, 5) is 2.48. The van der Waals surface area contributed by atoms with E-state index in [0.717, 1.165) is 31.3 Å². The molecule has 1 aliphatic heterocycles. The van der Waals surface area contributed by atoms with Crippen LogP contribution < -0.4 is 0 Å². The van der Waals surface area contributed by atoms with Gasteiger partial charge in [0.05, 0.1) is 6.54 Å². The molecule has 1 unspecified atom stereocenters. The molecule has 0 amide bonds. The molecule has 4 heteroatoms. The first-order chi connectivity index (χ1) is 11.7. The maximum atomic E-state index is 4.33. The van der Waals surface area contributed by atoms with Crippen molar-refractivity contribution in [3.8, 4) is 0 Å². The highest BCUT2D eigenvalue weighted by Gasteiger charge is 2.27. The summed E-state index contributed by atoms with van der Waals surface area (Å²) < 4.78 is 2.08. The highest BCUT2D eigenvalue weighted by molar-refractivity contribution is 5.40. The van der Waals surface area contributed by atoms with E-state index in [4.69, 9.17) is 0 Å². The van der Waals surface area contributed by atoms with Crippen LogP contribution in [0.25, 0.3) is 0 Å². The standard InChI is InChI=1S/C20H22N4/c1-15-21-22-20(23(15)2)14-24-12-17-10-6-7-11-18(17)19(13-24)16-8-4-3-5-9-16/h3-11,19H,12-14H2,1-2H3. The first kappa shape index (κ1) is 15.1. The van der Waals surface area contributed by atoms with Crippen LogP contribution in [0.2, 0.25) is 0 Å². The van der Waals surface area contributed by atoms with Gasteiger partial charge in [0.1, 0.15) is 11.6 Å². The molecule has 0 bridgehead atoms. The van der Waals surface area contributed by atoms with Gasteiger partial charge in [-0.05, 0) is 23.6 Å². The Bertz CT molecular complexity index is 838. The van der Waals surface area contributed by atoms with Gasteiger partial charge in [0.15, 0.2) is 0 Å². The van der Waals surface area contributed by atoms with Crippen LogP contribution in [0, 0.1) is 6.92 Å². The van der Waals surface area contributed by atoms with E-state index in [0.29, 0.717) is 5.92 Å². The minimum absolute atomic E-state index is 0.408. The molecule has 2 aromatic carbocycles. The van der Waals surface area contributed by atoms with E-state index in [2.05, 4.69) is 74.3 Å². The third kappa shape index (κ3) is 2.74. The number of hydrogen-bond donors (Lipinski definition) is 0. The van der Waals surface area contributed by atoms with Crippen LogP contribution in [-0.4, -0.2) is 26.2 Å². The summed E-state index contributed by atoms with van der Waals surface area (Å²) in [5.74, 6) is 2.39. The van der Waals surface area contributed by atoms with Crippen molar-refractivity contribution in [3.05, 3.63) is 82.9 Å². The lowest BCUT2D eigenvalue weighted by Gasteiger charge is -2.34. The Hall–Kier alpha value is -2.46. The van der Waals surface area contributed by atoms with Gasteiger partial charge in [-0.3, -0.25) is 4.90 Å². The molecule has 0 aliphatic carbocycles. The molecule has 0 radical (unpaired) electrons. The third-order valence-corrected chi connectivity index (χ3v) is 5.01. The van der Waals surface area contributed by atoms with Crippen molar-refractivity contribution in [1.29, 1.82) is 0 Å². The maximum absolute atomic E-state index is 4.33. The summed E-state index contributed by atoms with van der Waals surface area (Å²) in [6, 6.07) is 19.6. The number of hydrogen-bond acceptors (Lipinski definition) is 3. The van der Waals surface area contributed by atoms with E-state index in [1.165, 1.54) is 16.7 Å². The van der Waals surface area contributed by atoms with Crippen LogP contribution in [0.4, 0.5) is 0 Å². The fourth-order valence-corrected chi connectivity index (χ4v) is 3.56. The molecule has 1 aromatic heterocycles. The van der Waals surface area contributed by atoms with Crippen molar-refractivity contribution in [2.75, 3.05) is 6.54 Å². The zero-order valence-electron chi connectivity index (χ0n) is 14.2. The zero-order valence-corrected chi connectivity index (χ0v) is 14.2. The van der Waals surface area contributed by atoms with E-state index in [1.54, 1.807) is 0 Å². The lowest BCUT2D eigenvalue weighted by molar-refractivity contribution is 0.224. The van der Waals surface area contributed by atoms with Crippen molar-refractivity contribution in [3.63, 3.8) is 0 Å². The molecule has 24 heavy (non-hydrogen) atoms. The fourth-order valence-electron chi connectivity index (χ4n) is 3.56. The normalized spacial score (nSPS) is 17.7. The molecule has 0 fully saturated rings. The van der Waals surface area contributed by atoms with E-state index in [-0.39, 0.29) is 0 Å². The van der Waals surface area contributed by atoms with Crippen LogP contribution in [-0.2, 0) is 20.1 Å². The maximum Gasteiger partial charge on any atom is 0.146 e. The average molecular weight is 318 g/mol.